The summed E-state index contributed by atoms with van der Waals surface area (Å²) in [5.41, 5.74) is 0.877. The average Bonchev–Trinajstić information content (AvgIpc) is 3.23. The molecule has 0 fully saturated rings. The van der Waals surface area contributed by atoms with E-state index in [1.54, 1.807) is 17.1 Å². The fraction of sp³-hybridized carbons (Fsp3) is 0.500. The van der Waals surface area contributed by atoms with Crippen LogP contribution in [0.15, 0.2) is 22.1 Å². The summed E-state index contributed by atoms with van der Waals surface area (Å²) in [7, 11) is 0. The van der Waals surface area contributed by atoms with Crippen molar-refractivity contribution in [1.29, 1.82) is 0 Å². The molecular weight excluding hydrogens is 344 g/mol. The summed E-state index contributed by atoms with van der Waals surface area (Å²) < 4.78 is 2.81. The van der Waals surface area contributed by atoms with Crippen molar-refractivity contribution in [2.24, 2.45) is 0 Å². The molecule has 2 N–H and O–H groups in total. The highest BCUT2D eigenvalue weighted by Gasteiger charge is 2.16. The predicted octanol–water partition coefficient (Wildman–Crippen LogP) is 2.09. The highest BCUT2D eigenvalue weighted by atomic mass is 35.5. The minimum Gasteiger partial charge on any atom is -0.348 e. The lowest BCUT2D eigenvalue weighted by molar-refractivity contribution is 0.525. The quantitative estimate of drug-likeness (QED) is 0.472. The second kappa shape index (κ2) is 7.69. The summed E-state index contributed by atoms with van der Waals surface area (Å²) in [6, 6.07) is 0. The number of hydrogen-bond acceptors (Lipinski definition) is 4. The number of imidazole rings is 2. The minimum absolute atomic E-state index is 0.117. The molecular formula is C16H21ClN6O2. The van der Waals surface area contributed by atoms with E-state index in [9.17, 15) is 9.59 Å². The second-order valence-electron chi connectivity index (χ2n) is 6.00. The van der Waals surface area contributed by atoms with E-state index in [0.717, 1.165) is 25.0 Å². The summed E-state index contributed by atoms with van der Waals surface area (Å²) >= 11 is 5.92. The van der Waals surface area contributed by atoms with Crippen LogP contribution in [-0.4, -0.2) is 29.1 Å². The maximum absolute atomic E-state index is 12.8. The molecule has 0 aromatic carbocycles. The summed E-state index contributed by atoms with van der Waals surface area (Å²) in [5, 5.41) is 0.117. The van der Waals surface area contributed by atoms with E-state index in [1.807, 2.05) is 0 Å². The van der Waals surface area contributed by atoms with Crippen LogP contribution in [0.25, 0.3) is 11.2 Å². The molecule has 0 spiro atoms. The van der Waals surface area contributed by atoms with E-state index in [-0.39, 0.29) is 22.0 Å². The minimum atomic E-state index is -0.379. The van der Waals surface area contributed by atoms with E-state index in [2.05, 4.69) is 26.9 Å². The van der Waals surface area contributed by atoms with Crippen molar-refractivity contribution < 1.29 is 0 Å². The smallest absolute Gasteiger partial charge is 0.332 e. The van der Waals surface area contributed by atoms with Gasteiger partial charge in [-0.3, -0.25) is 13.9 Å². The number of nitrogens with zero attached hydrogens (tertiary/aromatic N) is 4. The third kappa shape index (κ3) is 3.68. The largest absolute Gasteiger partial charge is 0.348 e. The number of unbranched alkanes of at least 4 members (excludes halogenated alkanes) is 2. The van der Waals surface area contributed by atoms with Gasteiger partial charge in [-0.05, 0) is 30.9 Å². The fourth-order valence-corrected chi connectivity index (χ4v) is 3.08. The van der Waals surface area contributed by atoms with Gasteiger partial charge in [0.1, 0.15) is 0 Å². The normalized spacial score (nSPS) is 11.4. The molecule has 0 aliphatic rings. The lowest BCUT2D eigenvalue weighted by atomic mass is 10.2. The Labute approximate surface area is 148 Å². The Morgan fingerprint density at radius 1 is 1.16 bits per heavy atom. The third-order valence-electron chi connectivity index (χ3n) is 4.20. The average molecular weight is 365 g/mol. The number of aryl methyl sites for hydroxylation is 2. The molecule has 25 heavy (non-hydrogen) atoms. The first kappa shape index (κ1) is 17.5. The van der Waals surface area contributed by atoms with Gasteiger partial charge in [-0.25, -0.2) is 9.78 Å². The van der Waals surface area contributed by atoms with Crippen LogP contribution in [0.2, 0.25) is 5.28 Å². The molecule has 0 aliphatic heterocycles. The molecule has 8 nitrogen and oxygen atoms in total. The van der Waals surface area contributed by atoms with Crippen molar-refractivity contribution in [3.63, 3.8) is 0 Å². The summed E-state index contributed by atoms with van der Waals surface area (Å²) in [6.45, 7) is 2.95. The van der Waals surface area contributed by atoms with Crippen LogP contribution in [-0.2, 0) is 19.5 Å². The summed E-state index contributed by atoms with van der Waals surface area (Å²) in [4.78, 5) is 39.3. The Hall–Kier alpha value is -2.35. The highest BCUT2D eigenvalue weighted by Crippen LogP contribution is 2.11. The van der Waals surface area contributed by atoms with Crippen LogP contribution < -0.4 is 11.2 Å². The Bertz CT molecular complexity index is 954. The number of rotatable bonds is 8. The standard InChI is InChI=1S/C16H21ClN6O2/c1-2-3-4-7-22-13-12(20-15(17)21-13)14(24)23(16(22)25)8-5-6-11-9-18-10-19-11/h9-10H,2-8H2,1H3,(H,18,19)(H,20,21). The number of fused-ring (bicyclic) bond motifs is 1. The van der Waals surface area contributed by atoms with Crippen molar-refractivity contribution in [2.75, 3.05) is 0 Å². The molecule has 3 aromatic rings. The molecule has 9 heteroatoms. The predicted molar refractivity (Wildman–Crippen MR) is 96.1 cm³/mol. The van der Waals surface area contributed by atoms with Crippen molar-refractivity contribution in [2.45, 2.75) is 52.1 Å². The van der Waals surface area contributed by atoms with Gasteiger partial charge in [0.15, 0.2) is 11.2 Å². The lowest BCUT2D eigenvalue weighted by Gasteiger charge is -2.11. The molecule has 0 bridgehead atoms. The Morgan fingerprint density at radius 3 is 2.68 bits per heavy atom. The highest BCUT2D eigenvalue weighted by molar-refractivity contribution is 6.28. The van der Waals surface area contributed by atoms with Crippen molar-refractivity contribution in [1.82, 2.24) is 29.1 Å². The molecule has 3 rings (SSSR count). The van der Waals surface area contributed by atoms with E-state index >= 15 is 0 Å². The molecule has 0 saturated carbocycles. The Kier molecular flexibility index (Phi) is 5.37. The van der Waals surface area contributed by atoms with Crippen LogP contribution in [0.4, 0.5) is 0 Å². The van der Waals surface area contributed by atoms with Gasteiger partial charge in [-0.1, -0.05) is 19.8 Å². The van der Waals surface area contributed by atoms with E-state index in [4.69, 9.17) is 11.6 Å². The van der Waals surface area contributed by atoms with Crippen LogP contribution in [0, 0.1) is 0 Å². The molecule has 0 aliphatic carbocycles. The van der Waals surface area contributed by atoms with Crippen LogP contribution in [0.3, 0.4) is 0 Å². The maximum Gasteiger partial charge on any atom is 0.332 e. The third-order valence-corrected chi connectivity index (χ3v) is 4.38. The molecule has 0 amide bonds. The Morgan fingerprint density at radius 2 is 1.96 bits per heavy atom. The first-order valence-corrected chi connectivity index (χ1v) is 8.85. The van der Waals surface area contributed by atoms with Crippen LogP contribution in [0.5, 0.6) is 0 Å². The first-order valence-electron chi connectivity index (χ1n) is 8.48. The zero-order valence-corrected chi connectivity index (χ0v) is 14.8. The van der Waals surface area contributed by atoms with Gasteiger partial charge >= 0.3 is 5.69 Å². The second-order valence-corrected chi connectivity index (χ2v) is 6.36. The molecule has 0 unspecified atom stereocenters. The van der Waals surface area contributed by atoms with Gasteiger partial charge in [0, 0.05) is 25.0 Å². The zero-order valence-electron chi connectivity index (χ0n) is 14.1. The lowest BCUT2D eigenvalue weighted by Crippen LogP contribution is -2.40. The Balaban J connectivity index is 1.93. The number of nitrogens with one attached hydrogen (secondary N) is 2. The molecule has 134 valence electrons. The monoisotopic (exact) mass is 364 g/mol. The van der Waals surface area contributed by atoms with Gasteiger partial charge in [0.05, 0.1) is 6.33 Å². The molecule has 3 aromatic heterocycles. The van der Waals surface area contributed by atoms with Gasteiger partial charge in [0.2, 0.25) is 5.28 Å². The maximum atomic E-state index is 12.8. The zero-order chi connectivity index (χ0) is 17.8. The first-order chi connectivity index (χ1) is 12.1. The summed E-state index contributed by atoms with van der Waals surface area (Å²) in [6.07, 6.45) is 7.62. The fourth-order valence-electron chi connectivity index (χ4n) is 2.91. The molecule has 0 radical (unpaired) electrons. The van der Waals surface area contributed by atoms with Gasteiger partial charge in [-0.2, -0.15) is 4.98 Å². The van der Waals surface area contributed by atoms with Crippen molar-refractivity contribution in [3.05, 3.63) is 44.3 Å². The van der Waals surface area contributed by atoms with Crippen LogP contribution >= 0.6 is 11.6 Å². The van der Waals surface area contributed by atoms with Crippen molar-refractivity contribution in [3.8, 4) is 0 Å². The molecule has 0 atom stereocenters. The number of H-pyrrole nitrogens is 2. The SMILES string of the molecule is CCCCCn1c(=O)n(CCCc2cnc[nH]2)c(=O)c2[nH]c(Cl)nc21. The van der Waals surface area contributed by atoms with Crippen molar-refractivity contribution >= 4 is 22.8 Å². The molecule has 0 saturated heterocycles. The van der Waals surface area contributed by atoms with Gasteiger partial charge in [0.25, 0.3) is 5.56 Å². The van der Waals surface area contributed by atoms with Gasteiger partial charge < -0.3 is 9.97 Å². The number of aromatic nitrogens is 6. The van der Waals surface area contributed by atoms with E-state index in [1.165, 1.54) is 4.57 Å². The van der Waals surface area contributed by atoms with Gasteiger partial charge in [-0.15, -0.1) is 0 Å². The molecule has 3 heterocycles. The topological polar surface area (TPSA) is 101 Å². The van der Waals surface area contributed by atoms with E-state index < -0.39 is 0 Å². The van der Waals surface area contributed by atoms with Crippen LogP contribution in [0.1, 0.15) is 38.3 Å². The number of halogens is 1. The summed E-state index contributed by atoms with van der Waals surface area (Å²) in [5.74, 6) is 0. The number of aromatic amines is 2. The van der Waals surface area contributed by atoms with E-state index in [0.29, 0.717) is 31.6 Å². The number of hydrogen-bond donors (Lipinski definition) is 2.